The van der Waals surface area contributed by atoms with Crippen molar-refractivity contribution in [3.8, 4) is 5.75 Å². The molecule has 18 heavy (non-hydrogen) atoms. The summed E-state index contributed by atoms with van der Waals surface area (Å²) in [6.07, 6.45) is 2.92. The zero-order chi connectivity index (χ0) is 13.0. The maximum Gasteiger partial charge on any atom is 0.119 e. The highest BCUT2D eigenvalue weighted by molar-refractivity contribution is 5.31. The fraction of sp³-hybridized carbons (Fsp3) is 0.625. The summed E-state index contributed by atoms with van der Waals surface area (Å²) in [5.74, 6) is 2.24. The molecule has 1 saturated carbocycles. The normalized spacial score (nSPS) is 18.4. The van der Waals surface area contributed by atoms with Gasteiger partial charge >= 0.3 is 0 Å². The van der Waals surface area contributed by atoms with Gasteiger partial charge in [0.2, 0.25) is 0 Å². The van der Waals surface area contributed by atoms with E-state index in [1.807, 2.05) is 0 Å². The van der Waals surface area contributed by atoms with Gasteiger partial charge in [-0.3, -0.25) is 0 Å². The lowest BCUT2D eigenvalue weighted by Crippen LogP contribution is -2.24. The molecule has 1 fully saturated rings. The van der Waals surface area contributed by atoms with Crippen molar-refractivity contribution in [2.75, 3.05) is 13.1 Å². The number of hydrogen-bond acceptors (Lipinski definition) is 2. The monoisotopic (exact) mass is 247 g/mol. The molecule has 2 rings (SSSR count). The Bertz CT molecular complexity index is 373. The van der Waals surface area contributed by atoms with E-state index in [9.17, 15) is 0 Å². The average molecular weight is 247 g/mol. The van der Waals surface area contributed by atoms with Gasteiger partial charge in [-0.2, -0.15) is 0 Å². The Kier molecular flexibility index (Phi) is 4.65. The molecule has 0 radical (unpaired) electrons. The second-order valence-electron chi connectivity index (χ2n) is 5.46. The second-order valence-corrected chi connectivity index (χ2v) is 5.46. The summed E-state index contributed by atoms with van der Waals surface area (Å²) in [6.45, 7) is 8.88. The van der Waals surface area contributed by atoms with Crippen LogP contribution in [0.1, 0.15) is 45.1 Å². The fourth-order valence-electron chi connectivity index (χ4n) is 2.13. The van der Waals surface area contributed by atoms with Gasteiger partial charge < -0.3 is 10.1 Å². The molecule has 0 amide bonds. The van der Waals surface area contributed by atoms with Gasteiger partial charge in [-0.05, 0) is 55.5 Å². The topological polar surface area (TPSA) is 21.3 Å². The van der Waals surface area contributed by atoms with E-state index in [-0.39, 0.29) is 0 Å². The molecule has 1 N–H and O–H groups in total. The molecule has 0 saturated heterocycles. The molecule has 0 aromatic heterocycles. The van der Waals surface area contributed by atoms with E-state index < -0.39 is 0 Å². The van der Waals surface area contributed by atoms with Gasteiger partial charge in [0.1, 0.15) is 5.75 Å². The summed E-state index contributed by atoms with van der Waals surface area (Å²) in [4.78, 5) is 0. The largest absolute Gasteiger partial charge is 0.490 e. The SMILES string of the molecule is CCNCC(C)C(C)c1cccc(OC2CC2)c1. The van der Waals surface area contributed by atoms with E-state index in [0.29, 0.717) is 17.9 Å². The van der Waals surface area contributed by atoms with Crippen molar-refractivity contribution < 1.29 is 4.74 Å². The van der Waals surface area contributed by atoms with Gasteiger partial charge in [0.25, 0.3) is 0 Å². The van der Waals surface area contributed by atoms with Crippen LogP contribution in [0.4, 0.5) is 0 Å². The van der Waals surface area contributed by atoms with E-state index in [4.69, 9.17) is 4.74 Å². The lowest BCUT2D eigenvalue weighted by atomic mass is 9.89. The highest BCUT2D eigenvalue weighted by Gasteiger charge is 2.23. The van der Waals surface area contributed by atoms with Crippen molar-refractivity contribution in [1.29, 1.82) is 0 Å². The Labute approximate surface area is 111 Å². The second kappa shape index (κ2) is 6.24. The molecule has 0 aliphatic heterocycles. The predicted molar refractivity (Wildman–Crippen MR) is 76.2 cm³/mol. The molecule has 0 spiro atoms. The van der Waals surface area contributed by atoms with Crippen LogP contribution in [-0.4, -0.2) is 19.2 Å². The number of benzene rings is 1. The predicted octanol–water partition coefficient (Wildman–Crippen LogP) is 3.58. The maximum absolute atomic E-state index is 5.86. The molecule has 2 heteroatoms. The summed E-state index contributed by atoms with van der Waals surface area (Å²) in [5.41, 5.74) is 1.39. The van der Waals surface area contributed by atoms with Gasteiger partial charge in [0.05, 0.1) is 6.10 Å². The smallest absolute Gasteiger partial charge is 0.119 e. The standard InChI is InChI=1S/C16H25NO/c1-4-17-11-12(2)13(3)14-6-5-7-16(10-14)18-15-8-9-15/h5-7,10,12-13,15,17H,4,8-9,11H2,1-3H3. The van der Waals surface area contributed by atoms with Crippen LogP contribution in [0.15, 0.2) is 24.3 Å². The minimum absolute atomic E-state index is 0.481. The molecule has 1 aliphatic rings. The third-order valence-corrected chi connectivity index (χ3v) is 3.78. The lowest BCUT2D eigenvalue weighted by Gasteiger charge is -2.21. The summed E-state index contributed by atoms with van der Waals surface area (Å²) in [7, 11) is 0. The van der Waals surface area contributed by atoms with Gasteiger partial charge in [-0.15, -0.1) is 0 Å². The zero-order valence-electron chi connectivity index (χ0n) is 11.8. The third-order valence-electron chi connectivity index (χ3n) is 3.78. The first kappa shape index (κ1) is 13.4. The minimum atomic E-state index is 0.481. The Morgan fingerprint density at radius 1 is 1.33 bits per heavy atom. The molecular formula is C16H25NO. The number of ether oxygens (including phenoxy) is 1. The molecule has 2 nitrogen and oxygen atoms in total. The van der Waals surface area contributed by atoms with Crippen molar-refractivity contribution in [2.45, 2.75) is 45.6 Å². The van der Waals surface area contributed by atoms with Gasteiger partial charge in [0, 0.05) is 0 Å². The van der Waals surface area contributed by atoms with E-state index >= 15 is 0 Å². The van der Waals surface area contributed by atoms with Gasteiger partial charge in [-0.25, -0.2) is 0 Å². The molecule has 1 aromatic carbocycles. The molecule has 2 atom stereocenters. The van der Waals surface area contributed by atoms with E-state index in [1.54, 1.807) is 0 Å². The average Bonchev–Trinajstić information content (AvgIpc) is 3.19. The van der Waals surface area contributed by atoms with Crippen molar-refractivity contribution >= 4 is 0 Å². The van der Waals surface area contributed by atoms with Crippen molar-refractivity contribution in [3.05, 3.63) is 29.8 Å². The van der Waals surface area contributed by atoms with E-state index in [2.05, 4.69) is 50.4 Å². The highest BCUT2D eigenvalue weighted by atomic mass is 16.5. The van der Waals surface area contributed by atoms with Crippen LogP contribution >= 0.6 is 0 Å². The highest BCUT2D eigenvalue weighted by Crippen LogP contribution is 2.30. The van der Waals surface area contributed by atoms with Crippen molar-refractivity contribution in [2.24, 2.45) is 5.92 Å². The van der Waals surface area contributed by atoms with Crippen LogP contribution in [-0.2, 0) is 0 Å². The summed E-state index contributed by atoms with van der Waals surface area (Å²) >= 11 is 0. The first-order valence-electron chi connectivity index (χ1n) is 7.18. The third kappa shape index (κ3) is 3.74. The fourth-order valence-corrected chi connectivity index (χ4v) is 2.13. The Hall–Kier alpha value is -1.02. The van der Waals surface area contributed by atoms with Crippen molar-refractivity contribution in [1.82, 2.24) is 5.32 Å². The number of hydrogen-bond donors (Lipinski definition) is 1. The van der Waals surface area contributed by atoms with E-state index in [0.717, 1.165) is 18.8 Å². The van der Waals surface area contributed by atoms with Crippen LogP contribution in [0, 0.1) is 5.92 Å². The Balaban J connectivity index is 1.97. The van der Waals surface area contributed by atoms with Crippen LogP contribution in [0.25, 0.3) is 0 Å². The maximum atomic E-state index is 5.86. The van der Waals surface area contributed by atoms with Crippen molar-refractivity contribution in [3.63, 3.8) is 0 Å². The number of rotatable bonds is 7. The Morgan fingerprint density at radius 3 is 2.78 bits per heavy atom. The molecule has 0 bridgehead atoms. The molecule has 1 aliphatic carbocycles. The van der Waals surface area contributed by atoms with Crippen LogP contribution in [0.5, 0.6) is 5.75 Å². The quantitative estimate of drug-likeness (QED) is 0.795. The first-order valence-corrected chi connectivity index (χ1v) is 7.18. The van der Waals surface area contributed by atoms with E-state index in [1.165, 1.54) is 18.4 Å². The number of nitrogens with one attached hydrogen (secondary N) is 1. The molecule has 2 unspecified atom stereocenters. The van der Waals surface area contributed by atoms with Gasteiger partial charge in [-0.1, -0.05) is 32.9 Å². The van der Waals surface area contributed by atoms with Gasteiger partial charge in [0.15, 0.2) is 0 Å². The summed E-state index contributed by atoms with van der Waals surface area (Å²) < 4.78 is 5.86. The van der Waals surface area contributed by atoms with Crippen LogP contribution < -0.4 is 10.1 Å². The first-order chi connectivity index (χ1) is 8.70. The minimum Gasteiger partial charge on any atom is -0.490 e. The summed E-state index contributed by atoms with van der Waals surface area (Å²) in [5, 5.41) is 3.42. The molecule has 0 heterocycles. The molecule has 1 aromatic rings. The molecular weight excluding hydrogens is 222 g/mol. The Morgan fingerprint density at radius 2 is 2.11 bits per heavy atom. The van der Waals surface area contributed by atoms with Crippen LogP contribution in [0.2, 0.25) is 0 Å². The van der Waals surface area contributed by atoms with Crippen LogP contribution in [0.3, 0.4) is 0 Å². The zero-order valence-corrected chi connectivity index (χ0v) is 11.8. The molecule has 100 valence electrons. The summed E-state index contributed by atoms with van der Waals surface area (Å²) in [6, 6.07) is 8.62. The lowest BCUT2D eigenvalue weighted by molar-refractivity contribution is 0.302.